The summed E-state index contributed by atoms with van der Waals surface area (Å²) in [5, 5.41) is 10.1. The summed E-state index contributed by atoms with van der Waals surface area (Å²) < 4.78 is 19.3. The molecule has 7 heteroatoms. The molecule has 0 aliphatic carbocycles. The molecular formula is C15H9BrFN3O2. The molecule has 5 nitrogen and oxygen atoms in total. The molecule has 0 radical (unpaired) electrons. The molecular weight excluding hydrogens is 353 g/mol. The fourth-order valence-corrected chi connectivity index (χ4v) is 2.04. The Labute approximate surface area is 133 Å². The lowest BCUT2D eigenvalue weighted by Gasteiger charge is -2.01. The molecule has 110 valence electrons. The third kappa shape index (κ3) is 3.20. The van der Waals surface area contributed by atoms with Crippen LogP contribution in [0, 0.1) is 5.82 Å². The maximum atomic E-state index is 13.2. The largest absolute Gasteiger partial charge is 0.412 e. The first-order valence-electron chi connectivity index (χ1n) is 6.28. The maximum absolute atomic E-state index is 13.2. The van der Waals surface area contributed by atoms with Gasteiger partial charge in [-0.2, -0.15) is 0 Å². The van der Waals surface area contributed by atoms with Gasteiger partial charge in [0.15, 0.2) is 0 Å². The van der Waals surface area contributed by atoms with Crippen LogP contribution in [0.3, 0.4) is 0 Å². The molecule has 3 aromatic rings. The molecule has 0 bridgehead atoms. The predicted octanol–water partition coefficient (Wildman–Crippen LogP) is 3.89. The summed E-state index contributed by atoms with van der Waals surface area (Å²) in [6.07, 6.45) is 0. The van der Waals surface area contributed by atoms with Crippen molar-refractivity contribution in [2.24, 2.45) is 0 Å². The van der Waals surface area contributed by atoms with Gasteiger partial charge < -0.3 is 9.73 Å². The normalized spacial score (nSPS) is 10.5. The highest BCUT2D eigenvalue weighted by Crippen LogP contribution is 2.19. The molecule has 0 atom stereocenters. The van der Waals surface area contributed by atoms with E-state index in [4.69, 9.17) is 4.42 Å². The molecule has 22 heavy (non-hydrogen) atoms. The second-order valence-electron chi connectivity index (χ2n) is 4.38. The van der Waals surface area contributed by atoms with E-state index in [0.717, 1.165) is 4.47 Å². The van der Waals surface area contributed by atoms with Gasteiger partial charge in [0.25, 0.3) is 0 Å². The Hall–Kier alpha value is -2.54. The lowest BCUT2D eigenvalue weighted by Crippen LogP contribution is -2.12. The number of aromatic nitrogens is 2. The average molecular weight is 362 g/mol. The third-order valence-electron chi connectivity index (χ3n) is 2.79. The fraction of sp³-hybridized carbons (Fsp3) is 0. The van der Waals surface area contributed by atoms with Crippen molar-refractivity contribution >= 4 is 27.5 Å². The van der Waals surface area contributed by atoms with E-state index in [2.05, 4.69) is 31.4 Å². The standard InChI is InChI=1S/C15H9BrFN3O2/c16-10-4-6-12(7-5-10)18-13(21)15-20-19-14(22-15)9-2-1-3-11(17)8-9/h1-8H,(H,18,21). The van der Waals surface area contributed by atoms with Crippen molar-refractivity contribution in [1.82, 2.24) is 10.2 Å². The quantitative estimate of drug-likeness (QED) is 0.768. The highest BCUT2D eigenvalue weighted by Gasteiger charge is 2.16. The van der Waals surface area contributed by atoms with Gasteiger partial charge in [0.1, 0.15) is 5.82 Å². The summed E-state index contributed by atoms with van der Waals surface area (Å²) in [6.45, 7) is 0. The van der Waals surface area contributed by atoms with Crippen LogP contribution >= 0.6 is 15.9 Å². The van der Waals surface area contributed by atoms with Crippen molar-refractivity contribution in [2.45, 2.75) is 0 Å². The third-order valence-corrected chi connectivity index (χ3v) is 3.32. The topological polar surface area (TPSA) is 68.0 Å². The number of hydrogen-bond acceptors (Lipinski definition) is 4. The van der Waals surface area contributed by atoms with Crippen LogP contribution in [0.4, 0.5) is 10.1 Å². The number of carbonyl (C=O) groups excluding carboxylic acids is 1. The number of benzene rings is 2. The van der Waals surface area contributed by atoms with Gasteiger partial charge in [0.05, 0.1) is 0 Å². The minimum atomic E-state index is -0.530. The average Bonchev–Trinajstić information content (AvgIpc) is 3.00. The number of nitrogens with one attached hydrogen (secondary N) is 1. The molecule has 0 saturated heterocycles. The molecule has 1 amide bonds. The fourth-order valence-electron chi connectivity index (χ4n) is 1.77. The number of rotatable bonds is 3. The van der Waals surface area contributed by atoms with Crippen LogP contribution in [0.2, 0.25) is 0 Å². The molecule has 0 fully saturated rings. The van der Waals surface area contributed by atoms with Gasteiger partial charge in [-0.3, -0.25) is 4.79 Å². The van der Waals surface area contributed by atoms with Gasteiger partial charge in [-0.05, 0) is 42.5 Å². The summed E-state index contributed by atoms with van der Waals surface area (Å²) in [6, 6.07) is 12.7. The second kappa shape index (κ2) is 6.07. The lowest BCUT2D eigenvalue weighted by atomic mass is 10.2. The Balaban J connectivity index is 1.78. The Kier molecular flexibility index (Phi) is 3.97. The molecule has 1 N–H and O–H groups in total. The lowest BCUT2D eigenvalue weighted by molar-refractivity contribution is 0.0991. The van der Waals surface area contributed by atoms with Crippen molar-refractivity contribution in [3.8, 4) is 11.5 Å². The van der Waals surface area contributed by atoms with E-state index in [1.165, 1.54) is 18.2 Å². The maximum Gasteiger partial charge on any atom is 0.313 e. The van der Waals surface area contributed by atoms with Crippen molar-refractivity contribution in [1.29, 1.82) is 0 Å². The van der Waals surface area contributed by atoms with Crippen molar-refractivity contribution in [3.05, 3.63) is 64.7 Å². The Morgan fingerprint density at radius 2 is 1.91 bits per heavy atom. The van der Waals surface area contributed by atoms with Gasteiger partial charge in [-0.15, -0.1) is 10.2 Å². The summed E-state index contributed by atoms with van der Waals surface area (Å²) >= 11 is 3.31. The smallest absolute Gasteiger partial charge is 0.313 e. The van der Waals surface area contributed by atoms with E-state index in [9.17, 15) is 9.18 Å². The van der Waals surface area contributed by atoms with Gasteiger partial charge in [0.2, 0.25) is 5.89 Å². The minimum Gasteiger partial charge on any atom is -0.412 e. The number of carbonyl (C=O) groups is 1. The number of amides is 1. The highest BCUT2D eigenvalue weighted by atomic mass is 79.9. The van der Waals surface area contributed by atoms with Crippen LogP contribution in [0.1, 0.15) is 10.7 Å². The molecule has 0 spiro atoms. The molecule has 0 aliphatic heterocycles. The second-order valence-corrected chi connectivity index (χ2v) is 5.30. The highest BCUT2D eigenvalue weighted by molar-refractivity contribution is 9.10. The van der Waals surface area contributed by atoms with Crippen molar-refractivity contribution < 1.29 is 13.6 Å². The summed E-state index contributed by atoms with van der Waals surface area (Å²) in [7, 11) is 0. The molecule has 0 saturated carbocycles. The number of hydrogen-bond donors (Lipinski definition) is 1. The van der Waals surface area contributed by atoms with Gasteiger partial charge in [-0.25, -0.2) is 4.39 Å². The number of nitrogens with zero attached hydrogens (tertiary/aromatic N) is 2. The molecule has 0 aliphatic rings. The van der Waals surface area contributed by atoms with Crippen molar-refractivity contribution in [3.63, 3.8) is 0 Å². The van der Waals surface area contributed by atoms with Crippen LogP contribution in [-0.2, 0) is 0 Å². The first-order chi connectivity index (χ1) is 10.6. The Morgan fingerprint density at radius 3 is 2.64 bits per heavy atom. The summed E-state index contributed by atoms with van der Waals surface area (Å²) in [5.41, 5.74) is 1.01. The van der Waals surface area contributed by atoms with Crippen LogP contribution in [0.5, 0.6) is 0 Å². The van der Waals surface area contributed by atoms with Crippen LogP contribution < -0.4 is 5.32 Å². The zero-order chi connectivity index (χ0) is 15.5. The molecule has 2 aromatic carbocycles. The van der Waals surface area contributed by atoms with E-state index in [-0.39, 0.29) is 11.8 Å². The summed E-state index contributed by atoms with van der Waals surface area (Å²) in [4.78, 5) is 12.0. The molecule has 1 aromatic heterocycles. The Bertz CT molecular complexity index is 818. The van der Waals surface area contributed by atoms with Gasteiger partial charge >= 0.3 is 11.8 Å². The van der Waals surface area contributed by atoms with E-state index >= 15 is 0 Å². The Morgan fingerprint density at radius 1 is 1.14 bits per heavy atom. The predicted molar refractivity (Wildman–Crippen MR) is 81.8 cm³/mol. The van der Waals surface area contributed by atoms with E-state index in [0.29, 0.717) is 11.3 Å². The van der Waals surface area contributed by atoms with Crippen LogP contribution in [-0.4, -0.2) is 16.1 Å². The first-order valence-corrected chi connectivity index (χ1v) is 7.07. The van der Waals surface area contributed by atoms with Crippen molar-refractivity contribution in [2.75, 3.05) is 5.32 Å². The number of anilines is 1. The first kappa shape index (κ1) is 14.4. The van der Waals surface area contributed by atoms with E-state index < -0.39 is 11.7 Å². The van der Waals surface area contributed by atoms with Crippen LogP contribution in [0.25, 0.3) is 11.5 Å². The van der Waals surface area contributed by atoms with Gasteiger partial charge in [0, 0.05) is 15.7 Å². The molecule has 1 heterocycles. The summed E-state index contributed by atoms with van der Waals surface area (Å²) in [5.74, 6) is -1.06. The van der Waals surface area contributed by atoms with E-state index in [1.807, 2.05) is 0 Å². The van der Waals surface area contributed by atoms with E-state index in [1.54, 1.807) is 30.3 Å². The zero-order valence-corrected chi connectivity index (χ0v) is 12.7. The van der Waals surface area contributed by atoms with Gasteiger partial charge in [-0.1, -0.05) is 22.0 Å². The number of halogens is 2. The minimum absolute atomic E-state index is 0.0838. The SMILES string of the molecule is O=C(Nc1ccc(Br)cc1)c1nnc(-c2cccc(F)c2)o1. The molecule has 3 rings (SSSR count). The monoisotopic (exact) mass is 361 g/mol. The molecule has 0 unspecified atom stereocenters. The van der Waals surface area contributed by atoms with Crippen LogP contribution in [0.15, 0.2) is 57.4 Å². The zero-order valence-electron chi connectivity index (χ0n) is 11.1.